The SMILES string of the molecule is CCNC(=NCc1ccco1)N1CCC(COCCOC)C1. The number of guanidine groups is 1. The number of methoxy groups -OCH3 is 1. The zero-order valence-electron chi connectivity index (χ0n) is 13.6. The van der Waals surface area contributed by atoms with Gasteiger partial charge in [-0.25, -0.2) is 4.99 Å². The summed E-state index contributed by atoms with van der Waals surface area (Å²) in [5, 5.41) is 3.36. The van der Waals surface area contributed by atoms with E-state index in [-0.39, 0.29) is 0 Å². The van der Waals surface area contributed by atoms with E-state index in [0.717, 1.165) is 44.4 Å². The minimum absolute atomic E-state index is 0.560. The second kappa shape index (κ2) is 9.48. The lowest BCUT2D eigenvalue weighted by atomic mass is 10.1. The van der Waals surface area contributed by atoms with Gasteiger partial charge in [-0.1, -0.05) is 0 Å². The van der Waals surface area contributed by atoms with Crippen LogP contribution in [0.5, 0.6) is 0 Å². The molecular weight excluding hydrogens is 282 g/mol. The Morgan fingerprint density at radius 2 is 2.41 bits per heavy atom. The highest BCUT2D eigenvalue weighted by Crippen LogP contribution is 2.17. The maximum atomic E-state index is 5.64. The Hall–Kier alpha value is -1.53. The van der Waals surface area contributed by atoms with Crippen LogP contribution in [0.2, 0.25) is 0 Å². The molecule has 1 N–H and O–H groups in total. The predicted octanol–water partition coefficient (Wildman–Crippen LogP) is 1.73. The molecule has 1 aromatic heterocycles. The molecule has 0 radical (unpaired) electrons. The van der Waals surface area contributed by atoms with Crippen molar-refractivity contribution in [3.63, 3.8) is 0 Å². The molecule has 0 bridgehead atoms. The van der Waals surface area contributed by atoms with Crippen LogP contribution in [0.3, 0.4) is 0 Å². The molecule has 1 saturated heterocycles. The summed E-state index contributed by atoms with van der Waals surface area (Å²) in [6, 6.07) is 3.84. The van der Waals surface area contributed by atoms with Crippen molar-refractivity contribution in [1.29, 1.82) is 0 Å². The van der Waals surface area contributed by atoms with E-state index in [0.29, 0.717) is 25.7 Å². The van der Waals surface area contributed by atoms with Crippen LogP contribution in [0.25, 0.3) is 0 Å². The molecule has 6 nitrogen and oxygen atoms in total. The predicted molar refractivity (Wildman–Crippen MR) is 85.9 cm³/mol. The maximum Gasteiger partial charge on any atom is 0.194 e. The summed E-state index contributed by atoms with van der Waals surface area (Å²) >= 11 is 0. The van der Waals surface area contributed by atoms with Crippen molar-refractivity contribution in [2.24, 2.45) is 10.9 Å². The summed E-state index contributed by atoms with van der Waals surface area (Å²) in [5.41, 5.74) is 0. The average molecular weight is 309 g/mol. The van der Waals surface area contributed by atoms with Gasteiger partial charge in [0.25, 0.3) is 0 Å². The van der Waals surface area contributed by atoms with Gasteiger partial charge >= 0.3 is 0 Å². The molecule has 2 rings (SSSR count). The third-order valence-electron chi connectivity index (χ3n) is 3.67. The minimum Gasteiger partial charge on any atom is -0.467 e. The highest BCUT2D eigenvalue weighted by molar-refractivity contribution is 5.80. The quantitative estimate of drug-likeness (QED) is 0.450. The summed E-state index contributed by atoms with van der Waals surface area (Å²) in [5.74, 6) is 2.40. The van der Waals surface area contributed by atoms with Crippen LogP contribution in [0, 0.1) is 5.92 Å². The fourth-order valence-electron chi connectivity index (χ4n) is 2.53. The lowest BCUT2D eigenvalue weighted by Gasteiger charge is -2.21. The molecule has 0 spiro atoms. The van der Waals surface area contributed by atoms with E-state index >= 15 is 0 Å². The number of hydrogen-bond acceptors (Lipinski definition) is 4. The van der Waals surface area contributed by atoms with Crippen LogP contribution in [-0.4, -0.2) is 57.4 Å². The Labute approximate surface area is 132 Å². The van der Waals surface area contributed by atoms with Gasteiger partial charge in [-0.05, 0) is 25.5 Å². The molecule has 0 aromatic carbocycles. The number of nitrogens with zero attached hydrogens (tertiary/aromatic N) is 2. The second-order valence-electron chi connectivity index (χ2n) is 5.42. The molecule has 0 saturated carbocycles. The van der Waals surface area contributed by atoms with Gasteiger partial charge in [0.2, 0.25) is 0 Å². The summed E-state index contributed by atoms with van der Waals surface area (Å²) in [7, 11) is 1.69. The molecule has 124 valence electrons. The highest BCUT2D eigenvalue weighted by Gasteiger charge is 2.24. The van der Waals surface area contributed by atoms with Gasteiger partial charge in [0.05, 0.1) is 26.1 Å². The van der Waals surface area contributed by atoms with Crippen LogP contribution in [0.4, 0.5) is 0 Å². The van der Waals surface area contributed by atoms with Crippen molar-refractivity contribution < 1.29 is 13.9 Å². The van der Waals surface area contributed by atoms with Crippen molar-refractivity contribution >= 4 is 5.96 Å². The monoisotopic (exact) mass is 309 g/mol. The summed E-state index contributed by atoms with van der Waals surface area (Å²) in [6.07, 6.45) is 2.82. The van der Waals surface area contributed by atoms with Crippen molar-refractivity contribution in [3.05, 3.63) is 24.2 Å². The van der Waals surface area contributed by atoms with E-state index < -0.39 is 0 Å². The van der Waals surface area contributed by atoms with E-state index in [1.165, 1.54) is 0 Å². The van der Waals surface area contributed by atoms with Gasteiger partial charge in [-0.3, -0.25) is 0 Å². The van der Waals surface area contributed by atoms with Gasteiger partial charge in [0, 0.05) is 32.7 Å². The summed E-state index contributed by atoms with van der Waals surface area (Å²) in [6.45, 7) is 7.63. The normalized spacial score (nSPS) is 18.9. The van der Waals surface area contributed by atoms with Crippen molar-refractivity contribution in [2.45, 2.75) is 19.9 Å². The number of nitrogens with one attached hydrogen (secondary N) is 1. The maximum absolute atomic E-state index is 5.64. The van der Waals surface area contributed by atoms with Gasteiger partial charge in [-0.2, -0.15) is 0 Å². The minimum atomic E-state index is 0.560. The smallest absolute Gasteiger partial charge is 0.194 e. The molecule has 1 aliphatic heterocycles. The fourth-order valence-corrected chi connectivity index (χ4v) is 2.53. The summed E-state index contributed by atoms with van der Waals surface area (Å²) in [4.78, 5) is 6.96. The number of rotatable bonds is 8. The first-order chi connectivity index (χ1) is 10.8. The van der Waals surface area contributed by atoms with E-state index in [2.05, 4.69) is 22.1 Å². The van der Waals surface area contributed by atoms with Gasteiger partial charge < -0.3 is 24.1 Å². The van der Waals surface area contributed by atoms with Gasteiger partial charge in [-0.15, -0.1) is 0 Å². The van der Waals surface area contributed by atoms with Crippen LogP contribution in [0.1, 0.15) is 19.1 Å². The van der Waals surface area contributed by atoms with Crippen molar-refractivity contribution in [3.8, 4) is 0 Å². The second-order valence-corrected chi connectivity index (χ2v) is 5.42. The van der Waals surface area contributed by atoms with Crippen LogP contribution >= 0.6 is 0 Å². The number of ether oxygens (including phenoxy) is 2. The zero-order valence-corrected chi connectivity index (χ0v) is 13.6. The molecule has 1 atom stereocenters. The van der Waals surface area contributed by atoms with E-state index in [9.17, 15) is 0 Å². The Morgan fingerprint density at radius 3 is 3.14 bits per heavy atom. The van der Waals surface area contributed by atoms with Crippen LogP contribution in [-0.2, 0) is 16.0 Å². The Balaban J connectivity index is 1.80. The zero-order chi connectivity index (χ0) is 15.6. The molecule has 1 aromatic rings. The summed E-state index contributed by atoms with van der Waals surface area (Å²) < 4.78 is 16.0. The molecule has 2 heterocycles. The van der Waals surface area contributed by atoms with Crippen LogP contribution in [0.15, 0.2) is 27.8 Å². The average Bonchev–Trinajstić information content (AvgIpc) is 3.19. The molecule has 1 fully saturated rings. The molecule has 6 heteroatoms. The third kappa shape index (κ3) is 5.35. The lowest BCUT2D eigenvalue weighted by Crippen LogP contribution is -2.40. The number of likely N-dealkylation sites (tertiary alicyclic amines) is 1. The number of aliphatic imine (C=N–C) groups is 1. The molecule has 0 amide bonds. The van der Waals surface area contributed by atoms with E-state index in [1.807, 2.05) is 12.1 Å². The Kier molecular flexibility index (Phi) is 7.25. The fraction of sp³-hybridized carbons (Fsp3) is 0.688. The van der Waals surface area contributed by atoms with Crippen molar-refractivity contribution in [2.75, 3.05) is 46.6 Å². The van der Waals surface area contributed by atoms with Gasteiger partial charge in [0.1, 0.15) is 12.3 Å². The third-order valence-corrected chi connectivity index (χ3v) is 3.67. The lowest BCUT2D eigenvalue weighted by molar-refractivity contribution is 0.0536. The van der Waals surface area contributed by atoms with E-state index in [1.54, 1.807) is 13.4 Å². The topological polar surface area (TPSA) is 59.2 Å². The number of furan rings is 1. The van der Waals surface area contributed by atoms with Crippen LogP contribution < -0.4 is 5.32 Å². The largest absolute Gasteiger partial charge is 0.467 e. The molecule has 1 aliphatic rings. The van der Waals surface area contributed by atoms with E-state index in [4.69, 9.17) is 13.9 Å². The highest BCUT2D eigenvalue weighted by atomic mass is 16.5. The Morgan fingerprint density at radius 1 is 1.50 bits per heavy atom. The molecular formula is C16H27N3O3. The van der Waals surface area contributed by atoms with Crippen molar-refractivity contribution in [1.82, 2.24) is 10.2 Å². The molecule has 1 unspecified atom stereocenters. The number of hydrogen-bond donors (Lipinski definition) is 1. The molecule has 0 aliphatic carbocycles. The van der Waals surface area contributed by atoms with Gasteiger partial charge in [0.15, 0.2) is 5.96 Å². The first kappa shape index (κ1) is 16.8. The Bertz CT molecular complexity index is 434. The molecule has 22 heavy (non-hydrogen) atoms. The standard InChI is InChI=1S/C16H27N3O3/c1-3-17-16(18-11-15-5-4-8-22-15)19-7-6-14(12-19)13-21-10-9-20-2/h4-5,8,14H,3,6-7,9-13H2,1-2H3,(H,17,18). The first-order valence-electron chi connectivity index (χ1n) is 7.95. The first-order valence-corrected chi connectivity index (χ1v) is 7.95.